The summed E-state index contributed by atoms with van der Waals surface area (Å²) in [5.41, 5.74) is 3.71. The summed E-state index contributed by atoms with van der Waals surface area (Å²) in [5, 5.41) is 3.40. The zero-order chi connectivity index (χ0) is 12.0. The standard InChI is InChI=1S/C11H8ClN3S2/c1-5-6(2)17-11-8(5)9(12)14-10(15-11)7-3-16-4-13-7/h3-4H,1-2H3. The second-order valence-electron chi connectivity index (χ2n) is 3.68. The molecule has 3 rings (SSSR count). The molecule has 86 valence electrons. The molecule has 3 aromatic rings. The molecular weight excluding hydrogens is 274 g/mol. The number of hydrogen-bond donors (Lipinski definition) is 0. The highest BCUT2D eigenvalue weighted by Gasteiger charge is 2.14. The van der Waals surface area contributed by atoms with Gasteiger partial charge in [-0.25, -0.2) is 15.0 Å². The average molecular weight is 282 g/mol. The Morgan fingerprint density at radius 1 is 1.24 bits per heavy atom. The lowest BCUT2D eigenvalue weighted by atomic mass is 10.2. The number of fused-ring (bicyclic) bond motifs is 1. The fraction of sp³-hybridized carbons (Fsp3) is 0.182. The van der Waals surface area contributed by atoms with Crippen molar-refractivity contribution >= 4 is 44.5 Å². The van der Waals surface area contributed by atoms with E-state index in [9.17, 15) is 0 Å². The van der Waals surface area contributed by atoms with Gasteiger partial charge in [0.25, 0.3) is 0 Å². The molecule has 0 atom stereocenters. The molecule has 0 fully saturated rings. The summed E-state index contributed by atoms with van der Waals surface area (Å²) in [5.74, 6) is 0.602. The minimum Gasteiger partial charge on any atom is -0.241 e. The van der Waals surface area contributed by atoms with E-state index in [0.717, 1.165) is 15.9 Å². The van der Waals surface area contributed by atoms with Gasteiger partial charge < -0.3 is 0 Å². The fourth-order valence-electron chi connectivity index (χ4n) is 1.64. The Hall–Kier alpha value is -1.04. The van der Waals surface area contributed by atoms with Gasteiger partial charge in [-0.2, -0.15) is 0 Å². The van der Waals surface area contributed by atoms with E-state index in [2.05, 4.69) is 21.9 Å². The number of thiazole rings is 1. The van der Waals surface area contributed by atoms with Crippen molar-refractivity contribution in [2.75, 3.05) is 0 Å². The van der Waals surface area contributed by atoms with E-state index in [0.29, 0.717) is 11.0 Å². The first-order valence-corrected chi connectivity index (χ1v) is 7.12. The lowest BCUT2D eigenvalue weighted by Gasteiger charge is -1.99. The zero-order valence-electron chi connectivity index (χ0n) is 9.19. The van der Waals surface area contributed by atoms with E-state index >= 15 is 0 Å². The molecule has 0 aliphatic carbocycles. The Morgan fingerprint density at radius 3 is 2.76 bits per heavy atom. The Bertz CT molecular complexity index is 688. The highest BCUT2D eigenvalue weighted by Crippen LogP contribution is 2.34. The van der Waals surface area contributed by atoms with Crippen LogP contribution in [0.2, 0.25) is 5.15 Å². The van der Waals surface area contributed by atoms with Crippen LogP contribution in [0.3, 0.4) is 0 Å². The average Bonchev–Trinajstić information content (AvgIpc) is 2.88. The second kappa shape index (κ2) is 4.01. The monoisotopic (exact) mass is 281 g/mol. The van der Waals surface area contributed by atoms with Crippen LogP contribution < -0.4 is 0 Å². The van der Waals surface area contributed by atoms with E-state index in [1.54, 1.807) is 16.8 Å². The summed E-state index contributed by atoms with van der Waals surface area (Å²) >= 11 is 9.40. The van der Waals surface area contributed by atoms with E-state index in [-0.39, 0.29) is 0 Å². The van der Waals surface area contributed by atoms with Crippen LogP contribution in [0.1, 0.15) is 10.4 Å². The summed E-state index contributed by atoms with van der Waals surface area (Å²) in [4.78, 5) is 15.2. The van der Waals surface area contributed by atoms with E-state index < -0.39 is 0 Å². The van der Waals surface area contributed by atoms with Gasteiger partial charge in [0.05, 0.1) is 10.9 Å². The molecule has 3 heterocycles. The van der Waals surface area contributed by atoms with Crippen molar-refractivity contribution in [3.63, 3.8) is 0 Å². The highest BCUT2D eigenvalue weighted by atomic mass is 35.5. The number of thiophene rings is 1. The van der Waals surface area contributed by atoms with Crippen LogP contribution in [0.15, 0.2) is 10.9 Å². The van der Waals surface area contributed by atoms with Crippen molar-refractivity contribution in [1.29, 1.82) is 0 Å². The third-order valence-corrected chi connectivity index (χ3v) is 4.61. The van der Waals surface area contributed by atoms with Gasteiger partial charge in [-0.05, 0) is 19.4 Å². The van der Waals surface area contributed by atoms with Gasteiger partial charge in [-0.3, -0.25) is 0 Å². The van der Waals surface area contributed by atoms with Crippen molar-refractivity contribution in [2.45, 2.75) is 13.8 Å². The quantitative estimate of drug-likeness (QED) is 0.631. The molecule has 0 saturated heterocycles. The fourth-order valence-corrected chi connectivity index (χ4v) is 3.57. The summed E-state index contributed by atoms with van der Waals surface area (Å²) in [7, 11) is 0. The van der Waals surface area contributed by atoms with Gasteiger partial charge in [0, 0.05) is 10.3 Å². The number of aryl methyl sites for hydroxylation is 2. The molecule has 3 aromatic heterocycles. The molecule has 0 aromatic carbocycles. The number of rotatable bonds is 1. The topological polar surface area (TPSA) is 38.7 Å². The first kappa shape index (κ1) is 11.1. The minimum absolute atomic E-state index is 0.514. The van der Waals surface area contributed by atoms with E-state index in [1.807, 2.05) is 12.3 Å². The summed E-state index contributed by atoms with van der Waals surface area (Å²) in [6.07, 6.45) is 0. The molecule has 0 aliphatic rings. The Morgan fingerprint density at radius 2 is 2.06 bits per heavy atom. The summed E-state index contributed by atoms with van der Waals surface area (Å²) < 4.78 is 0. The maximum absolute atomic E-state index is 6.23. The first-order chi connectivity index (χ1) is 8.16. The third kappa shape index (κ3) is 1.74. The van der Waals surface area contributed by atoms with E-state index in [4.69, 9.17) is 11.6 Å². The van der Waals surface area contributed by atoms with Gasteiger partial charge in [0.1, 0.15) is 15.7 Å². The van der Waals surface area contributed by atoms with Gasteiger partial charge in [-0.15, -0.1) is 22.7 Å². The van der Waals surface area contributed by atoms with Crippen LogP contribution in [0.4, 0.5) is 0 Å². The van der Waals surface area contributed by atoms with Gasteiger partial charge >= 0.3 is 0 Å². The van der Waals surface area contributed by atoms with Crippen LogP contribution in [0.25, 0.3) is 21.7 Å². The van der Waals surface area contributed by atoms with Crippen molar-refractivity contribution in [2.24, 2.45) is 0 Å². The molecule has 0 unspecified atom stereocenters. The molecule has 0 aliphatic heterocycles. The third-order valence-electron chi connectivity index (χ3n) is 2.65. The molecule has 17 heavy (non-hydrogen) atoms. The van der Waals surface area contributed by atoms with Crippen molar-refractivity contribution in [1.82, 2.24) is 15.0 Å². The summed E-state index contributed by atoms with van der Waals surface area (Å²) in [6, 6.07) is 0. The highest BCUT2D eigenvalue weighted by molar-refractivity contribution is 7.18. The maximum Gasteiger partial charge on any atom is 0.181 e. The Kier molecular flexibility index (Phi) is 2.61. The molecule has 0 N–H and O–H groups in total. The molecule has 0 spiro atoms. The molecule has 6 heteroatoms. The van der Waals surface area contributed by atoms with Gasteiger partial charge in [0.2, 0.25) is 0 Å². The van der Waals surface area contributed by atoms with Crippen LogP contribution in [-0.2, 0) is 0 Å². The SMILES string of the molecule is Cc1sc2nc(-c3cscn3)nc(Cl)c2c1C. The van der Waals surface area contributed by atoms with Crippen LogP contribution >= 0.6 is 34.3 Å². The summed E-state index contributed by atoms with van der Waals surface area (Å²) in [6.45, 7) is 4.12. The van der Waals surface area contributed by atoms with Crippen LogP contribution in [0.5, 0.6) is 0 Å². The smallest absolute Gasteiger partial charge is 0.181 e. The number of hydrogen-bond acceptors (Lipinski definition) is 5. The first-order valence-electron chi connectivity index (χ1n) is 4.98. The van der Waals surface area contributed by atoms with Gasteiger partial charge in [-0.1, -0.05) is 11.6 Å². The second-order valence-corrected chi connectivity index (χ2v) is 5.96. The maximum atomic E-state index is 6.23. The van der Waals surface area contributed by atoms with Gasteiger partial charge in [0.15, 0.2) is 5.82 Å². The predicted octanol–water partition coefficient (Wildman–Crippen LogP) is 4.09. The molecule has 0 amide bonds. The van der Waals surface area contributed by atoms with Crippen LogP contribution in [0, 0.1) is 13.8 Å². The zero-order valence-corrected chi connectivity index (χ0v) is 11.6. The predicted molar refractivity (Wildman–Crippen MR) is 73.0 cm³/mol. The van der Waals surface area contributed by atoms with Crippen molar-refractivity contribution in [3.8, 4) is 11.5 Å². The number of nitrogens with zero attached hydrogens (tertiary/aromatic N) is 3. The number of halogens is 1. The van der Waals surface area contributed by atoms with Crippen molar-refractivity contribution in [3.05, 3.63) is 26.5 Å². The minimum atomic E-state index is 0.514. The molecule has 0 radical (unpaired) electrons. The lowest BCUT2D eigenvalue weighted by Crippen LogP contribution is -1.90. The molecule has 0 bridgehead atoms. The van der Waals surface area contributed by atoms with E-state index in [1.165, 1.54) is 21.8 Å². The molecule has 3 nitrogen and oxygen atoms in total. The largest absolute Gasteiger partial charge is 0.241 e. The Balaban J connectivity index is 2.32. The number of aromatic nitrogens is 3. The van der Waals surface area contributed by atoms with Crippen LogP contribution in [-0.4, -0.2) is 15.0 Å². The molecule has 0 saturated carbocycles. The van der Waals surface area contributed by atoms with Crippen molar-refractivity contribution < 1.29 is 0 Å². The lowest BCUT2D eigenvalue weighted by molar-refractivity contribution is 1.20. The normalized spacial score (nSPS) is 11.2. The Labute approximate surface area is 111 Å². The molecular formula is C11H8ClN3S2.